The highest BCUT2D eigenvalue weighted by Crippen LogP contribution is 2.29. The van der Waals surface area contributed by atoms with E-state index >= 15 is 0 Å². The third-order valence-electron chi connectivity index (χ3n) is 3.37. The van der Waals surface area contributed by atoms with E-state index in [4.69, 9.17) is 4.42 Å². The quantitative estimate of drug-likeness (QED) is 0.825. The smallest absolute Gasteiger partial charge is 0.114 e. The summed E-state index contributed by atoms with van der Waals surface area (Å²) in [5, 5.41) is 3.41. The third kappa shape index (κ3) is 3.43. The summed E-state index contributed by atoms with van der Waals surface area (Å²) in [6, 6.07) is 9.05. The van der Waals surface area contributed by atoms with E-state index in [2.05, 4.69) is 37.4 Å². The van der Waals surface area contributed by atoms with Crippen LogP contribution in [0, 0.1) is 20.8 Å². The maximum Gasteiger partial charge on any atom is 0.114 e. The lowest BCUT2D eigenvalue weighted by Crippen LogP contribution is -2.19. The minimum absolute atomic E-state index is 0.361. The van der Waals surface area contributed by atoms with Gasteiger partial charge in [0, 0.05) is 16.7 Å². The predicted octanol–water partition coefficient (Wildman–Crippen LogP) is 4.26. The fourth-order valence-corrected chi connectivity index (χ4v) is 3.34. The summed E-state index contributed by atoms with van der Waals surface area (Å²) in [7, 11) is 2.02. The highest BCUT2D eigenvalue weighted by molar-refractivity contribution is 7.99. The Morgan fingerprint density at radius 3 is 2.58 bits per heavy atom. The highest BCUT2D eigenvalue weighted by Gasteiger charge is 2.13. The molecule has 0 amide bonds. The normalized spacial score (nSPS) is 12.6. The summed E-state index contributed by atoms with van der Waals surface area (Å²) in [5.41, 5.74) is 4.04. The van der Waals surface area contributed by atoms with Crippen LogP contribution in [0.2, 0.25) is 0 Å². The topological polar surface area (TPSA) is 25.2 Å². The second-order valence-electron chi connectivity index (χ2n) is 4.85. The zero-order valence-corrected chi connectivity index (χ0v) is 12.8. The third-order valence-corrected chi connectivity index (χ3v) is 4.60. The minimum atomic E-state index is 0.361. The lowest BCUT2D eigenvalue weighted by atomic mass is 10.0. The maximum absolute atomic E-state index is 5.33. The van der Waals surface area contributed by atoms with Gasteiger partial charge in [-0.25, -0.2) is 0 Å². The van der Waals surface area contributed by atoms with Crippen LogP contribution in [-0.4, -0.2) is 12.8 Å². The molecule has 0 saturated carbocycles. The summed E-state index contributed by atoms with van der Waals surface area (Å²) in [4.78, 5) is 1.23. The highest BCUT2D eigenvalue weighted by atomic mass is 32.2. The molecule has 1 atom stereocenters. The van der Waals surface area contributed by atoms with Gasteiger partial charge in [-0.1, -0.05) is 23.8 Å². The van der Waals surface area contributed by atoms with E-state index in [0.29, 0.717) is 6.04 Å². The fraction of sp³-hybridized carbons (Fsp3) is 0.375. The van der Waals surface area contributed by atoms with Crippen molar-refractivity contribution < 1.29 is 4.42 Å². The van der Waals surface area contributed by atoms with Gasteiger partial charge >= 0.3 is 0 Å². The molecule has 1 unspecified atom stereocenters. The van der Waals surface area contributed by atoms with Crippen molar-refractivity contribution in [3.8, 4) is 0 Å². The second kappa shape index (κ2) is 6.31. The SMILES string of the molecule is CNC(CSc1ccoc1C)c1ccc(C)cc1C. The van der Waals surface area contributed by atoms with Gasteiger partial charge in [0.1, 0.15) is 5.76 Å². The molecule has 0 fully saturated rings. The van der Waals surface area contributed by atoms with E-state index in [9.17, 15) is 0 Å². The van der Waals surface area contributed by atoms with Crippen molar-refractivity contribution in [3.05, 3.63) is 53.0 Å². The van der Waals surface area contributed by atoms with Crippen LogP contribution >= 0.6 is 11.8 Å². The standard InChI is InChI=1S/C16H21NOS/c1-11-5-6-14(12(2)9-11)15(17-4)10-19-16-7-8-18-13(16)3/h5-9,15,17H,10H2,1-4H3. The Hall–Kier alpha value is -1.19. The molecule has 0 saturated heterocycles. The lowest BCUT2D eigenvalue weighted by molar-refractivity contribution is 0.526. The second-order valence-corrected chi connectivity index (χ2v) is 5.92. The van der Waals surface area contributed by atoms with E-state index in [-0.39, 0.29) is 0 Å². The van der Waals surface area contributed by atoms with Gasteiger partial charge in [-0.15, -0.1) is 11.8 Å². The molecule has 19 heavy (non-hydrogen) atoms. The Balaban J connectivity index is 2.10. The van der Waals surface area contributed by atoms with Crippen molar-refractivity contribution in [3.63, 3.8) is 0 Å². The number of nitrogens with one attached hydrogen (secondary N) is 1. The molecule has 2 nitrogen and oxygen atoms in total. The fourth-order valence-electron chi connectivity index (χ4n) is 2.24. The minimum Gasteiger partial charge on any atom is -0.468 e. The molecule has 0 radical (unpaired) electrons. The van der Waals surface area contributed by atoms with Gasteiger partial charge < -0.3 is 9.73 Å². The Bertz CT molecular complexity index is 547. The Morgan fingerprint density at radius 1 is 1.21 bits per heavy atom. The summed E-state index contributed by atoms with van der Waals surface area (Å²) in [6.07, 6.45) is 1.75. The molecule has 1 aromatic carbocycles. The van der Waals surface area contributed by atoms with E-state index < -0.39 is 0 Å². The number of benzene rings is 1. The van der Waals surface area contributed by atoms with Gasteiger partial charge in [0.25, 0.3) is 0 Å². The number of rotatable bonds is 5. The van der Waals surface area contributed by atoms with E-state index in [1.165, 1.54) is 21.6 Å². The monoisotopic (exact) mass is 275 g/mol. The van der Waals surface area contributed by atoms with Gasteiger partial charge in [-0.2, -0.15) is 0 Å². The molecule has 0 aliphatic carbocycles. The summed E-state index contributed by atoms with van der Waals surface area (Å²) in [6.45, 7) is 6.32. The van der Waals surface area contributed by atoms with Gasteiger partial charge in [-0.3, -0.25) is 0 Å². The zero-order valence-electron chi connectivity index (χ0n) is 12.0. The number of thioether (sulfide) groups is 1. The summed E-state index contributed by atoms with van der Waals surface area (Å²) >= 11 is 1.84. The van der Waals surface area contributed by atoms with Crippen LogP contribution in [-0.2, 0) is 0 Å². The van der Waals surface area contributed by atoms with Crippen molar-refractivity contribution in [1.29, 1.82) is 0 Å². The van der Waals surface area contributed by atoms with Crippen LogP contribution in [0.25, 0.3) is 0 Å². The first-order valence-corrected chi connectivity index (χ1v) is 7.51. The molecular formula is C16H21NOS. The molecule has 2 aromatic rings. The molecular weight excluding hydrogens is 254 g/mol. The average molecular weight is 275 g/mol. The van der Waals surface area contributed by atoms with Gasteiger partial charge in [-0.05, 0) is 45.0 Å². The summed E-state index contributed by atoms with van der Waals surface area (Å²) < 4.78 is 5.33. The number of hydrogen-bond donors (Lipinski definition) is 1. The molecule has 3 heteroatoms. The van der Waals surface area contributed by atoms with Crippen LogP contribution in [0.1, 0.15) is 28.5 Å². The van der Waals surface area contributed by atoms with Crippen LogP contribution in [0.15, 0.2) is 39.8 Å². The van der Waals surface area contributed by atoms with Crippen LogP contribution in [0.3, 0.4) is 0 Å². The van der Waals surface area contributed by atoms with Crippen LogP contribution < -0.4 is 5.32 Å². The first-order chi connectivity index (χ1) is 9.11. The number of furan rings is 1. The molecule has 102 valence electrons. The van der Waals surface area contributed by atoms with Gasteiger partial charge in [0.2, 0.25) is 0 Å². The Kier molecular flexibility index (Phi) is 4.72. The molecule has 1 N–H and O–H groups in total. The largest absolute Gasteiger partial charge is 0.468 e. The Morgan fingerprint density at radius 2 is 2.00 bits per heavy atom. The first kappa shape index (κ1) is 14.2. The van der Waals surface area contributed by atoms with Crippen LogP contribution in [0.4, 0.5) is 0 Å². The van der Waals surface area contributed by atoms with Gasteiger partial charge in [0.05, 0.1) is 6.26 Å². The molecule has 0 aliphatic rings. The van der Waals surface area contributed by atoms with E-state index in [1.54, 1.807) is 6.26 Å². The molecule has 0 aliphatic heterocycles. The van der Waals surface area contributed by atoms with Gasteiger partial charge in [0.15, 0.2) is 0 Å². The number of aryl methyl sites for hydroxylation is 3. The lowest BCUT2D eigenvalue weighted by Gasteiger charge is -2.18. The first-order valence-electron chi connectivity index (χ1n) is 6.53. The van der Waals surface area contributed by atoms with Crippen molar-refractivity contribution in [2.75, 3.05) is 12.8 Å². The maximum atomic E-state index is 5.33. The Labute approximate surface area is 119 Å². The van der Waals surface area contributed by atoms with Crippen molar-refractivity contribution in [2.45, 2.75) is 31.7 Å². The van der Waals surface area contributed by atoms with Crippen LogP contribution in [0.5, 0.6) is 0 Å². The molecule has 1 heterocycles. The number of hydrogen-bond acceptors (Lipinski definition) is 3. The predicted molar refractivity (Wildman–Crippen MR) is 81.9 cm³/mol. The summed E-state index contributed by atoms with van der Waals surface area (Å²) in [5.74, 6) is 2.00. The molecule has 2 rings (SSSR count). The molecule has 0 spiro atoms. The van der Waals surface area contributed by atoms with Crippen molar-refractivity contribution >= 4 is 11.8 Å². The zero-order chi connectivity index (χ0) is 13.8. The van der Waals surface area contributed by atoms with Crippen molar-refractivity contribution in [2.24, 2.45) is 0 Å². The van der Waals surface area contributed by atoms with Crippen molar-refractivity contribution in [1.82, 2.24) is 5.32 Å². The molecule has 0 bridgehead atoms. The van der Waals surface area contributed by atoms with E-state index in [1.807, 2.05) is 31.8 Å². The molecule has 1 aromatic heterocycles. The van der Waals surface area contributed by atoms with E-state index in [0.717, 1.165) is 11.5 Å². The average Bonchev–Trinajstić information content (AvgIpc) is 2.78.